The Kier molecular flexibility index (Phi) is 12.3. The van der Waals surface area contributed by atoms with Crippen molar-refractivity contribution in [3.8, 4) is 0 Å². The van der Waals surface area contributed by atoms with E-state index < -0.39 is 48.1 Å². The smallest absolute Gasteiger partial charge is 0.290 e. The zero-order chi connectivity index (χ0) is 27.8. The highest BCUT2D eigenvalue weighted by atomic mass is 32.2. The molecule has 4 aliphatic rings. The number of amides is 1. The third-order valence-electron chi connectivity index (χ3n) is 7.67. The minimum absolute atomic E-state index is 0.100. The van der Waals surface area contributed by atoms with Crippen LogP contribution in [0.1, 0.15) is 46.0 Å². The molecule has 0 radical (unpaired) electrons. The van der Waals surface area contributed by atoms with Gasteiger partial charge in [-0.05, 0) is 49.9 Å². The number of hydrogen-bond donors (Lipinski definition) is 6. The summed E-state index contributed by atoms with van der Waals surface area (Å²) in [6, 6.07) is -1.17. The first kappa shape index (κ1) is 31.3. The Morgan fingerprint density at radius 3 is 2.61 bits per heavy atom. The van der Waals surface area contributed by atoms with Gasteiger partial charge in [0.25, 0.3) is 6.47 Å². The number of halogens is 1. The van der Waals surface area contributed by atoms with Crippen molar-refractivity contribution >= 4 is 24.1 Å². The third-order valence-corrected chi connectivity index (χ3v) is 8.95. The second-order valence-corrected chi connectivity index (χ2v) is 12.2. The molecule has 3 saturated heterocycles. The Hall–Kier alpha value is -1.28. The van der Waals surface area contributed by atoms with Gasteiger partial charge in [-0.1, -0.05) is 26.0 Å². The lowest BCUT2D eigenvalue weighted by Gasteiger charge is -2.43. The first-order valence-corrected chi connectivity index (χ1v) is 14.5. The highest BCUT2D eigenvalue weighted by Crippen LogP contribution is 2.35. The molecule has 2 bridgehead atoms. The molecular weight excluding hydrogens is 519 g/mol. The molecule has 4 rings (SSSR count). The first-order valence-electron chi connectivity index (χ1n) is 13.5. The number of ether oxygens (including phenoxy) is 2. The van der Waals surface area contributed by atoms with Crippen LogP contribution in [0.25, 0.3) is 0 Å². The van der Waals surface area contributed by atoms with Gasteiger partial charge in [-0.2, -0.15) is 0 Å². The Balaban J connectivity index is 0.00000127. The van der Waals surface area contributed by atoms with E-state index in [9.17, 15) is 24.5 Å². The lowest BCUT2D eigenvalue weighted by atomic mass is 9.85. The van der Waals surface area contributed by atoms with Gasteiger partial charge in [-0.15, -0.1) is 11.8 Å². The molecule has 0 aromatic rings. The number of aliphatic hydroxyl groups is 3. The number of rotatable bonds is 4. The number of hydrogen-bond acceptors (Lipinski definition) is 9. The van der Waals surface area contributed by atoms with Gasteiger partial charge >= 0.3 is 0 Å². The molecule has 1 amide bonds. The lowest BCUT2D eigenvalue weighted by Crippen LogP contribution is -2.63. The Morgan fingerprint density at radius 2 is 1.89 bits per heavy atom. The first-order chi connectivity index (χ1) is 18.2. The lowest BCUT2D eigenvalue weighted by molar-refractivity contribution is -0.205. The van der Waals surface area contributed by atoms with E-state index in [1.807, 2.05) is 0 Å². The fourth-order valence-corrected chi connectivity index (χ4v) is 7.02. The van der Waals surface area contributed by atoms with Crippen molar-refractivity contribution in [1.29, 1.82) is 0 Å². The molecular formula is C26H43FN2O8S. The number of carbonyl (C=O) groups excluding carboxylic acids is 1. The zero-order valence-corrected chi connectivity index (χ0v) is 22.8. The topological polar surface area (TPSA) is 158 Å². The van der Waals surface area contributed by atoms with Gasteiger partial charge in [0.1, 0.15) is 42.1 Å². The quantitative estimate of drug-likeness (QED) is 0.214. The molecule has 6 N–H and O–H groups in total. The standard InChI is InChI=1S/C25H41FN2O6S.CH2O2/c1-13(2)9-14-7-8-33-22-15(10-14)11-27-18(22)24(32)28-17-6-4-3-5-16(26)12-35-25-21(31)19(29)20(30)23(17)34-25;2-1-3/h3-4,13-23,25,27,29-31H,5-12H2,1-2H3,(H,28,32);1H,(H,2,3)/b4-3-;/t14-,15-,16+,17+,18-,19-,20+,21+,22+,23+,25+;/m0./s1. The van der Waals surface area contributed by atoms with Gasteiger partial charge < -0.3 is 40.5 Å². The van der Waals surface area contributed by atoms with Crippen LogP contribution in [0.15, 0.2) is 12.2 Å². The van der Waals surface area contributed by atoms with Crippen LogP contribution >= 0.6 is 11.8 Å². The molecule has 218 valence electrons. The van der Waals surface area contributed by atoms with E-state index >= 15 is 0 Å². The summed E-state index contributed by atoms with van der Waals surface area (Å²) < 4.78 is 26.3. The summed E-state index contributed by atoms with van der Waals surface area (Å²) in [5.74, 6) is 1.34. The molecule has 0 spiro atoms. The van der Waals surface area contributed by atoms with E-state index in [1.54, 1.807) is 12.2 Å². The summed E-state index contributed by atoms with van der Waals surface area (Å²) in [7, 11) is 0. The van der Waals surface area contributed by atoms with Gasteiger partial charge in [0.15, 0.2) is 0 Å². The fourth-order valence-electron chi connectivity index (χ4n) is 5.92. The number of carbonyl (C=O) groups is 2. The van der Waals surface area contributed by atoms with Gasteiger partial charge in [-0.3, -0.25) is 9.59 Å². The van der Waals surface area contributed by atoms with Crippen LogP contribution in [0.3, 0.4) is 0 Å². The van der Waals surface area contributed by atoms with E-state index in [4.69, 9.17) is 19.4 Å². The summed E-state index contributed by atoms with van der Waals surface area (Å²) >= 11 is 1.08. The number of allylic oxidation sites excluding steroid dienone is 1. The van der Waals surface area contributed by atoms with Gasteiger partial charge in [-0.25, -0.2) is 4.39 Å². The maximum absolute atomic E-state index is 14.2. The average Bonchev–Trinajstić information content (AvgIpc) is 3.14. The molecule has 3 fully saturated rings. The monoisotopic (exact) mass is 562 g/mol. The number of carboxylic acid groups (broad SMARTS) is 1. The Labute approximate surface area is 227 Å². The summed E-state index contributed by atoms with van der Waals surface area (Å²) in [5, 5.41) is 44.8. The summed E-state index contributed by atoms with van der Waals surface area (Å²) in [6.45, 7) is 5.56. The minimum atomic E-state index is -1.45. The number of aliphatic hydroxyl groups excluding tert-OH is 3. The van der Waals surface area contributed by atoms with Gasteiger partial charge in [0.05, 0.1) is 12.1 Å². The van der Waals surface area contributed by atoms with E-state index in [-0.39, 0.29) is 36.6 Å². The number of alkyl halides is 1. The highest BCUT2D eigenvalue weighted by molar-refractivity contribution is 7.99. The molecule has 12 heteroatoms. The van der Waals surface area contributed by atoms with Crippen LogP contribution in [-0.4, -0.2) is 106 Å². The molecule has 11 atom stereocenters. The number of fused-ring (bicyclic) bond motifs is 3. The van der Waals surface area contributed by atoms with Crippen molar-refractivity contribution < 1.29 is 43.9 Å². The molecule has 0 aliphatic carbocycles. The second kappa shape index (κ2) is 14.9. The molecule has 4 heterocycles. The predicted molar refractivity (Wildman–Crippen MR) is 140 cm³/mol. The second-order valence-electron chi connectivity index (χ2n) is 11.0. The molecule has 0 saturated carbocycles. The average molecular weight is 563 g/mol. The van der Waals surface area contributed by atoms with Gasteiger partial charge in [0, 0.05) is 18.9 Å². The van der Waals surface area contributed by atoms with Crippen molar-refractivity contribution in [3.05, 3.63) is 12.2 Å². The van der Waals surface area contributed by atoms with Crippen LogP contribution in [0.4, 0.5) is 4.39 Å². The minimum Gasteiger partial charge on any atom is -0.483 e. The van der Waals surface area contributed by atoms with Crippen molar-refractivity contribution in [2.45, 2.75) is 100 Å². The Morgan fingerprint density at radius 1 is 1.18 bits per heavy atom. The van der Waals surface area contributed by atoms with Crippen LogP contribution in [0.5, 0.6) is 0 Å². The molecule has 0 aromatic heterocycles. The summed E-state index contributed by atoms with van der Waals surface area (Å²) in [4.78, 5) is 21.8. The van der Waals surface area contributed by atoms with Crippen molar-refractivity contribution in [2.75, 3.05) is 18.9 Å². The fraction of sp³-hybridized carbons (Fsp3) is 0.846. The van der Waals surface area contributed by atoms with E-state index in [0.717, 1.165) is 31.0 Å². The van der Waals surface area contributed by atoms with E-state index in [0.29, 0.717) is 31.4 Å². The van der Waals surface area contributed by atoms with E-state index in [1.165, 1.54) is 0 Å². The van der Waals surface area contributed by atoms with Crippen LogP contribution in [0.2, 0.25) is 0 Å². The maximum atomic E-state index is 14.2. The molecule has 0 aromatic carbocycles. The van der Waals surface area contributed by atoms with Crippen molar-refractivity contribution in [3.63, 3.8) is 0 Å². The SMILES string of the molecule is CC(C)C[C@@H]1CCO[C@@H]2[C@H](CN[C@@H]2C(=O)N[C@@H]2C/C=C\C[C@@H](F)CS[C@H]3O[C@H]2[C@H](O)[C@H](O)[C@H]3O)C1.O=CO. The predicted octanol–water partition coefficient (Wildman–Crippen LogP) is 0.830. The van der Waals surface area contributed by atoms with Crippen LogP contribution < -0.4 is 10.6 Å². The zero-order valence-electron chi connectivity index (χ0n) is 22.0. The maximum Gasteiger partial charge on any atom is 0.290 e. The van der Waals surface area contributed by atoms with Crippen LogP contribution in [-0.2, 0) is 19.1 Å². The molecule has 4 aliphatic heterocycles. The third kappa shape index (κ3) is 8.12. The summed E-state index contributed by atoms with van der Waals surface area (Å²) in [6.07, 6.45) is 0.740. The molecule has 38 heavy (non-hydrogen) atoms. The van der Waals surface area contributed by atoms with Crippen LogP contribution in [0, 0.1) is 17.8 Å². The summed E-state index contributed by atoms with van der Waals surface area (Å²) in [5.41, 5.74) is -0.897. The Bertz CT molecular complexity index is 792. The largest absolute Gasteiger partial charge is 0.483 e. The van der Waals surface area contributed by atoms with Crippen molar-refractivity contribution in [2.24, 2.45) is 17.8 Å². The van der Waals surface area contributed by atoms with Crippen molar-refractivity contribution in [1.82, 2.24) is 10.6 Å². The number of thioether (sulfide) groups is 1. The molecule has 0 unspecified atom stereocenters. The molecule has 10 nitrogen and oxygen atoms in total. The number of nitrogens with one attached hydrogen (secondary N) is 2. The highest BCUT2D eigenvalue weighted by Gasteiger charge is 2.49. The van der Waals surface area contributed by atoms with Gasteiger partial charge in [0.2, 0.25) is 5.91 Å². The normalized spacial score (nSPS) is 42.4. The van der Waals surface area contributed by atoms with E-state index in [2.05, 4.69) is 24.5 Å².